The van der Waals surface area contributed by atoms with Gasteiger partial charge in [-0.2, -0.15) is 0 Å². The lowest BCUT2D eigenvalue weighted by Gasteiger charge is -2.39. The van der Waals surface area contributed by atoms with Crippen LogP contribution in [0, 0.1) is 5.92 Å². The van der Waals surface area contributed by atoms with Crippen molar-refractivity contribution in [1.29, 1.82) is 0 Å². The second-order valence-electron chi connectivity index (χ2n) is 6.06. The molecule has 2 saturated heterocycles. The lowest BCUT2D eigenvalue weighted by atomic mass is 9.80. The van der Waals surface area contributed by atoms with E-state index in [2.05, 4.69) is 15.4 Å². The molecule has 114 valence electrons. The molecule has 0 unspecified atom stereocenters. The van der Waals surface area contributed by atoms with Crippen molar-refractivity contribution in [2.45, 2.75) is 31.8 Å². The molecule has 1 aromatic rings. The van der Waals surface area contributed by atoms with Crippen molar-refractivity contribution in [2.75, 3.05) is 20.1 Å². The highest BCUT2D eigenvalue weighted by Gasteiger charge is 2.51. The van der Waals surface area contributed by atoms with E-state index in [1.165, 1.54) is 11.9 Å². The zero-order valence-electron chi connectivity index (χ0n) is 12.3. The highest BCUT2D eigenvalue weighted by molar-refractivity contribution is 6.06. The minimum Gasteiger partial charge on any atom is -0.364 e. The number of nitrogens with zero attached hydrogens (tertiary/aromatic N) is 3. The number of imide groups is 1. The first-order valence-electron chi connectivity index (χ1n) is 7.22. The predicted molar refractivity (Wildman–Crippen MR) is 74.2 cm³/mol. The van der Waals surface area contributed by atoms with Gasteiger partial charge in [0, 0.05) is 32.1 Å². The summed E-state index contributed by atoms with van der Waals surface area (Å²) in [5.41, 5.74) is 0.0913. The largest absolute Gasteiger partial charge is 0.364 e. The number of hydrogen-bond acceptors (Lipinski definition) is 5. The van der Waals surface area contributed by atoms with Gasteiger partial charge in [0.25, 0.3) is 5.91 Å². The topological polar surface area (TPSA) is 78.7 Å². The summed E-state index contributed by atoms with van der Waals surface area (Å²) in [7, 11) is 1.53. The van der Waals surface area contributed by atoms with E-state index >= 15 is 0 Å². The number of urea groups is 1. The van der Waals surface area contributed by atoms with Crippen molar-refractivity contribution >= 4 is 11.9 Å². The molecular weight excluding hydrogens is 272 g/mol. The normalized spacial score (nSPS) is 30.8. The molecule has 0 saturated carbocycles. The summed E-state index contributed by atoms with van der Waals surface area (Å²) < 4.78 is 4.85. The van der Waals surface area contributed by atoms with E-state index < -0.39 is 5.54 Å². The minimum absolute atomic E-state index is 0.111. The number of carbonyl (C=O) groups is 2. The Hall–Kier alpha value is -1.89. The van der Waals surface area contributed by atoms with Crippen molar-refractivity contribution in [3.8, 4) is 0 Å². The molecule has 0 bridgehead atoms. The van der Waals surface area contributed by atoms with Gasteiger partial charge < -0.3 is 9.84 Å². The number of amides is 3. The van der Waals surface area contributed by atoms with Gasteiger partial charge in [-0.05, 0) is 26.3 Å². The fourth-order valence-corrected chi connectivity index (χ4v) is 3.30. The van der Waals surface area contributed by atoms with Gasteiger partial charge in [-0.15, -0.1) is 0 Å². The molecule has 7 nitrogen and oxygen atoms in total. The van der Waals surface area contributed by atoms with Gasteiger partial charge in [0.15, 0.2) is 0 Å². The van der Waals surface area contributed by atoms with Crippen LogP contribution in [0.5, 0.6) is 0 Å². The molecule has 2 atom stereocenters. The summed E-state index contributed by atoms with van der Waals surface area (Å²) in [5.74, 6) is -0.0275. The Morgan fingerprint density at radius 2 is 2.33 bits per heavy atom. The monoisotopic (exact) mass is 292 g/mol. The molecule has 0 aliphatic carbocycles. The van der Waals surface area contributed by atoms with E-state index in [0.29, 0.717) is 6.54 Å². The van der Waals surface area contributed by atoms with Crippen LogP contribution in [0.15, 0.2) is 16.9 Å². The lowest BCUT2D eigenvalue weighted by molar-refractivity contribution is -0.132. The minimum atomic E-state index is -0.797. The Morgan fingerprint density at radius 1 is 1.52 bits per heavy atom. The van der Waals surface area contributed by atoms with Crippen molar-refractivity contribution in [1.82, 2.24) is 20.3 Å². The molecule has 1 N–H and O–H groups in total. The third-order valence-corrected chi connectivity index (χ3v) is 4.62. The van der Waals surface area contributed by atoms with Gasteiger partial charge in [0.1, 0.15) is 11.8 Å². The molecule has 3 heterocycles. The van der Waals surface area contributed by atoms with E-state index in [1.54, 1.807) is 6.26 Å². The average Bonchev–Trinajstić information content (AvgIpc) is 3.04. The maximum absolute atomic E-state index is 12.4. The SMILES string of the molecule is CN1C(=O)N[C@@](C)([C@H]2CCCN(Cc3ccon3)C2)C1=O. The number of aromatic nitrogens is 1. The molecule has 0 radical (unpaired) electrons. The molecule has 3 rings (SSSR count). The van der Waals surface area contributed by atoms with Crippen molar-refractivity contribution in [2.24, 2.45) is 5.92 Å². The highest BCUT2D eigenvalue weighted by Crippen LogP contribution is 2.32. The van der Waals surface area contributed by atoms with E-state index in [1.807, 2.05) is 13.0 Å². The fourth-order valence-electron chi connectivity index (χ4n) is 3.30. The smallest absolute Gasteiger partial charge is 0.324 e. The molecule has 2 fully saturated rings. The summed E-state index contributed by atoms with van der Waals surface area (Å²) >= 11 is 0. The van der Waals surface area contributed by atoms with Crippen LogP contribution in [0.2, 0.25) is 0 Å². The van der Waals surface area contributed by atoms with Gasteiger partial charge in [-0.1, -0.05) is 5.16 Å². The van der Waals surface area contributed by atoms with E-state index in [4.69, 9.17) is 4.52 Å². The second kappa shape index (κ2) is 5.14. The molecule has 3 amide bonds. The maximum atomic E-state index is 12.4. The Morgan fingerprint density at radius 3 is 2.95 bits per heavy atom. The Kier molecular flexibility index (Phi) is 3.44. The first-order valence-corrected chi connectivity index (χ1v) is 7.22. The molecule has 21 heavy (non-hydrogen) atoms. The van der Waals surface area contributed by atoms with Crippen molar-refractivity contribution < 1.29 is 14.1 Å². The van der Waals surface area contributed by atoms with Crippen LogP contribution < -0.4 is 5.32 Å². The predicted octanol–water partition coefficient (Wildman–Crippen LogP) is 0.827. The highest BCUT2D eigenvalue weighted by atomic mass is 16.5. The van der Waals surface area contributed by atoms with Crippen LogP contribution in [-0.4, -0.2) is 52.6 Å². The summed E-state index contributed by atoms with van der Waals surface area (Å²) in [4.78, 5) is 27.5. The number of likely N-dealkylation sites (N-methyl/N-ethyl adjacent to an activating group) is 1. The first kappa shape index (κ1) is 14.1. The Balaban J connectivity index is 1.71. The quantitative estimate of drug-likeness (QED) is 0.835. The summed E-state index contributed by atoms with van der Waals surface area (Å²) in [5, 5.41) is 6.78. The van der Waals surface area contributed by atoms with Gasteiger partial charge >= 0.3 is 6.03 Å². The number of carbonyl (C=O) groups excluding carboxylic acids is 2. The summed E-state index contributed by atoms with van der Waals surface area (Å²) in [6, 6.07) is 1.54. The molecule has 1 aromatic heterocycles. The van der Waals surface area contributed by atoms with E-state index in [0.717, 1.165) is 31.6 Å². The number of hydrogen-bond donors (Lipinski definition) is 1. The van der Waals surface area contributed by atoms with Crippen molar-refractivity contribution in [3.05, 3.63) is 18.0 Å². The van der Waals surface area contributed by atoms with Crippen LogP contribution in [0.1, 0.15) is 25.5 Å². The Labute approximate surface area is 123 Å². The molecule has 2 aliphatic rings. The standard InChI is InChI=1S/C14H20N4O3/c1-14(12(19)17(2)13(20)15-14)10-4-3-6-18(8-10)9-11-5-7-21-16-11/h5,7,10H,3-4,6,8-9H2,1-2H3,(H,15,20)/t10-,14-/m0/s1. The summed E-state index contributed by atoms with van der Waals surface area (Å²) in [6.45, 7) is 4.28. The number of likely N-dealkylation sites (tertiary alicyclic amines) is 1. The number of rotatable bonds is 3. The summed E-state index contributed by atoms with van der Waals surface area (Å²) in [6.07, 6.45) is 3.50. The van der Waals surface area contributed by atoms with Crippen LogP contribution in [-0.2, 0) is 11.3 Å². The van der Waals surface area contributed by atoms with Crippen LogP contribution >= 0.6 is 0 Å². The molecule has 0 aromatic carbocycles. The molecule has 0 spiro atoms. The van der Waals surface area contributed by atoms with Gasteiger partial charge in [0.2, 0.25) is 0 Å². The van der Waals surface area contributed by atoms with Gasteiger partial charge in [-0.25, -0.2) is 4.79 Å². The third-order valence-electron chi connectivity index (χ3n) is 4.62. The zero-order valence-corrected chi connectivity index (χ0v) is 12.3. The maximum Gasteiger partial charge on any atom is 0.324 e. The van der Waals surface area contributed by atoms with Crippen LogP contribution in [0.4, 0.5) is 4.79 Å². The fraction of sp³-hybridized carbons (Fsp3) is 0.643. The van der Waals surface area contributed by atoms with E-state index in [9.17, 15) is 9.59 Å². The average molecular weight is 292 g/mol. The second-order valence-corrected chi connectivity index (χ2v) is 6.06. The van der Waals surface area contributed by atoms with Gasteiger partial charge in [-0.3, -0.25) is 14.6 Å². The lowest BCUT2D eigenvalue weighted by Crippen LogP contribution is -2.55. The third kappa shape index (κ3) is 2.42. The number of piperidine rings is 1. The van der Waals surface area contributed by atoms with Crippen LogP contribution in [0.25, 0.3) is 0 Å². The zero-order chi connectivity index (χ0) is 15.0. The van der Waals surface area contributed by atoms with Crippen LogP contribution in [0.3, 0.4) is 0 Å². The first-order chi connectivity index (χ1) is 10.0. The molecule has 7 heteroatoms. The molecule has 2 aliphatic heterocycles. The van der Waals surface area contributed by atoms with E-state index in [-0.39, 0.29) is 17.9 Å². The molecular formula is C14H20N4O3. The van der Waals surface area contributed by atoms with Gasteiger partial charge in [0.05, 0.1) is 5.69 Å². The van der Waals surface area contributed by atoms with Crippen molar-refractivity contribution in [3.63, 3.8) is 0 Å². The number of nitrogens with one attached hydrogen (secondary N) is 1. The Bertz CT molecular complexity index is 544.